The van der Waals surface area contributed by atoms with E-state index in [0.29, 0.717) is 5.56 Å². The van der Waals surface area contributed by atoms with Crippen molar-refractivity contribution >= 4 is 11.9 Å². The molecule has 5 nitrogen and oxygen atoms in total. The summed E-state index contributed by atoms with van der Waals surface area (Å²) in [6, 6.07) is 19.3. The van der Waals surface area contributed by atoms with E-state index in [2.05, 4.69) is 6.07 Å². The lowest BCUT2D eigenvalue weighted by Gasteiger charge is -2.21. The van der Waals surface area contributed by atoms with Crippen molar-refractivity contribution in [3.05, 3.63) is 105 Å². The third-order valence-corrected chi connectivity index (χ3v) is 4.73. The molecule has 0 bridgehead atoms. The van der Waals surface area contributed by atoms with Crippen molar-refractivity contribution < 1.29 is 19.8 Å². The standard InChI is InChI=1S/C24H19NO4/c1-14-7-18(11-20(9-14)23(26)27)22(17-5-3-16(13-25)4-6-17)19-8-15(2)10-21(12-19)24(28)29/h3-12,22H,1-2H3,(H,26,27)(H,28,29). The minimum absolute atomic E-state index is 0.171. The van der Waals surface area contributed by atoms with Gasteiger partial charge in [-0.1, -0.05) is 24.3 Å². The average molecular weight is 385 g/mol. The van der Waals surface area contributed by atoms with E-state index in [-0.39, 0.29) is 17.0 Å². The minimum atomic E-state index is -1.02. The van der Waals surface area contributed by atoms with Gasteiger partial charge in [-0.25, -0.2) is 9.59 Å². The Kier molecular flexibility index (Phi) is 5.47. The molecule has 0 saturated heterocycles. The van der Waals surface area contributed by atoms with Crippen LogP contribution in [-0.2, 0) is 0 Å². The molecule has 0 saturated carbocycles. The van der Waals surface area contributed by atoms with E-state index in [0.717, 1.165) is 27.8 Å². The van der Waals surface area contributed by atoms with Crippen LogP contribution in [0.1, 0.15) is 60.0 Å². The van der Waals surface area contributed by atoms with Gasteiger partial charge in [0, 0.05) is 5.92 Å². The van der Waals surface area contributed by atoms with Crippen molar-refractivity contribution in [3.8, 4) is 6.07 Å². The Morgan fingerprint density at radius 2 is 1.21 bits per heavy atom. The summed E-state index contributed by atoms with van der Waals surface area (Å²) in [7, 11) is 0. The number of hydrogen-bond donors (Lipinski definition) is 2. The molecular formula is C24H19NO4. The predicted octanol–water partition coefficient (Wildman–Crippen LogP) is 4.75. The lowest BCUT2D eigenvalue weighted by atomic mass is 9.82. The van der Waals surface area contributed by atoms with Gasteiger partial charge >= 0.3 is 11.9 Å². The van der Waals surface area contributed by atoms with Gasteiger partial charge in [0.25, 0.3) is 0 Å². The SMILES string of the molecule is Cc1cc(C(=O)O)cc(C(c2ccc(C#N)cc2)c2cc(C)cc(C(=O)O)c2)c1. The number of rotatable bonds is 5. The Bertz CT molecular complexity index is 1080. The Morgan fingerprint density at radius 1 is 0.759 bits per heavy atom. The first-order chi connectivity index (χ1) is 13.8. The highest BCUT2D eigenvalue weighted by Gasteiger charge is 2.21. The quantitative estimate of drug-likeness (QED) is 0.618. The molecule has 3 rings (SSSR count). The molecule has 0 radical (unpaired) electrons. The van der Waals surface area contributed by atoms with Crippen molar-refractivity contribution in [2.45, 2.75) is 19.8 Å². The van der Waals surface area contributed by atoms with Gasteiger partial charge in [-0.15, -0.1) is 0 Å². The van der Waals surface area contributed by atoms with Gasteiger partial charge in [0.05, 0.1) is 22.8 Å². The van der Waals surface area contributed by atoms with Gasteiger partial charge in [0.15, 0.2) is 0 Å². The third-order valence-electron chi connectivity index (χ3n) is 4.73. The molecule has 3 aromatic rings. The Balaban J connectivity index is 2.27. The van der Waals surface area contributed by atoms with E-state index >= 15 is 0 Å². The van der Waals surface area contributed by atoms with Crippen LogP contribution in [0.4, 0.5) is 0 Å². The Hall–Kier alpha value is -3.91. The van der Waals surface area contributed by atoms with Crippen LogP contribution in [0.3, 0.4) is 0 Å². The number of aromatic carboxylic acids is 2. The van der Waals surface area contributed by atoms with Crippen LogP contribution in [0, 0.1) is 25.2 Å². The normalized spacial score (nSPS) is 10.6. The van der Waals surface area contributed by atoms with Crippen LogP contribution < -0.4 is 0 Å². The summed E-state index contributed by atoms with van der Waals surface area (Å²) in [5, 5.41) is 28.0. The summed E-state index contributed by atoms with van der Waals surface area (Å²) in [5.74, 6) is -2.42. The summed E-state index contributed by atoms with van der Waals surface area (Å²) in [4.78, 5) is 23.1. The average Bonchev–Trinajstić information content (AvgIpc) is 2.68. The summed E-state index contributed by atoms with van der Waals surface area (Å²) in [6.07, 6.45) is 0. The lowest BCUT2D eigenvalue weighted by Crippen LogP contribution is -2.08. The van der Waals surface area contributed by atoms with Crippen LogP contribution >= 0.6 is 0 Å². The van der Waals surface area contributed by atoms with Crippen molar-refractivity contribution in [1.82, 2.24) is 0 Å². The third kappa shape index (κ3) is 4.33. The molecule has 0 amide bonds. The van der Waals surface area contributed by atoms with E-state index in [1.54, 1.807) is 36.4 Å². The molecule has 144 valence electrons. The smallest absolute Gasteiger partial charge is 0.335 e. The molecule has 3 aromatic carbocycles. The molecular weight excluding hydrogens is 366 g/mol. The Labute approximate surface area is 168 Å². The van der Waals surface area contributed by atoms with Crippen molar-refractivity contribution in [2.24, 2.45) is 0 Å². The molecule has 2 N–H and O–H groups in total. The minimum Gasteiger partial charge on any atom is -0.478 e. The van der Waals surface area contributed by atoms with Crippen LogP contribution in [0.5, 0.6) is 0 Å². The summed E-state index contributed by atoms with van der Waals surface area (Å²) < 4.78 is 0. The highest BCUT2D eigenvalue weighted by atomic mass is 16.4. The van der Waals surface area contributed by atoms with Gasteiger partial charge in [-0.3, -0.25) is 0 Å². The van der Waals surface area contributed by atoms with Crippen LogP contribution in [-0.4, -0.2) is 22.2 Å². The van der Waals surface area contributed by atoms with Gasteiger partial charge in [0.1, 0.15) is 0 Å². The fourth-order valence-electron chi connectivity index (χ4n) is 3.53. The molecule has 29 heavy (non-hydrogen) atoms. The second-order valence-corrected chi connectivity index (χ2v) is 7.04. The fraction of sp³-hybridized carbons (Fsp3) is 0.125. The number of nitrogens with zero attached hydrogens (tertiary/aromatic N) is 1. The lowest BCUT2D eigenvalue weighted by molar-refractivity contribution is 0.0686. The van der Waals surface area contributed by atoms with Crippen LogP contribution in [0.2, 0.25) is 0 Å². The number of carboxylic acid groups (broad SMARTS) is 2. The van der Waals surface area contributed by atoms with Crippen LogP contribution in [0.25, 0.3) is 0 Å². The van der Waals surface area contributed by atoms with E-state index in [4.69, 9.17) is 5.26 Å². The zero-order valence-electron chi connectivity index (χ0n) is 16.0. The number of carbonyl (C=O) groups is 2. The zero-order chi connectivity index (χ0) is 21.1. The molecule has 0 aliphatic carbocycles. The zero-order valence-corrected chi connectivity index (χ0v) is 16.0. The maximum Gasteiger partial charge on any atom is 0.335 e. The molecule has 5 heteroatoms. The van der Waals surface area contributed by atoms with E-state index < -0.39 is 11.9 Å². The number of hydrogen-bond acceptors (Lipinski definition) is 3. The van der Waals surface area contributed by atoms with E-state index in [9.17, 15) is 19.8 Å². The molecule has 0 aromatic heterocycles. The second-order valence-electron chi connectivity index (χ2n) is 7.04. The number of benzene rings is 3. The van der Waals surface area contributed by atoms with E-state index in [1.807, 2.05) is 38.1 Å². The van der Waals surface area contributed by atoms with E-state index in [1.165, 1.54) is 0 Å². The fourth-order valence-corrected chi connectivity index (χ4v) is 3.53. The monoisotopic (exact) mass is 385 g/mol. The van der Waals surface area contributed by atoms with Gasteiger partial charge in [-0.2, -0.15) is 5.26 Å². The van der Waals surface area contributed by atoms with Gasteiger partial charge < -0.3 is 10.2 Å². The molecule has 0 aliphatic heterocycles. The van der Waals surface area contributed by atoms with Crippen molar-refractivity contribution in [3.63, 3.8) is 0 Å². The van der Waals surface area contributed by atoms with Crippen LogP contribution in [0.15, 0.2) is 60.7 Å². The molecule has 0 atom stereocenters. The predicted molar refractivity (Wildman–Crippen MR) is 108 cm³/mol. The number of nitriles is 1. The highest BCUT2D eigenvalue weighted by molar-refractivity contribution is 5.89. The molecule has 0 fully saturated rings. The molecule has 0 heterocycles. The molecule has 0 aliphatic rings. The highest BCUT2D eigenvalue weighted by Crippen LogP contribution is 2.34. The first-order valence-corrected chi connectivity index (χ1v) is 8.98. The van der Waals surface area contributed by atoms with Gasteiger partial charge in [-0.05, 0) is 78.1 Å². The van der Waals surface area contributed by atoms with Crippen molar-refractivity contribution in [1.29, 1.82) is 5.26 Å². The van der Waals surface area contributed by atoms with Gasteiger partial charge in [0.2, 0.25) is 0 Å². The first-order valence-electron chi connectivity index (χ1n) is 8.98. The molecule has 0 spiro atoms. The van der Waals surface area contributed by atoms with Crippen molar-refractivity contribution in [2.75, 3.05) is 0 Å². The number of carboxylic acids is 2. The summed E-state index contributed by atoms with van der Waals surface area (Å²) in [5.41, 5.74) is 4.78. The topological polar surface area (TPSA) is 98.4 Å². The summed E-state index contributed by atoms with van der Waals surface area (Å²) in [6.45, 7) is 3.65. The Morgan fingerprint density at radius 3 is 1.59 bits per heavy atom. The maximum atomic E-state index is 11.6. The molecule has 0 unspecified atom stereocenters. The first kappa shape index (κ1) is 19.8. The maximum absolute atomic E-state index is 11.6. The largest absolute Gasteiger partial charge is 0.478 e. The number of aryl methyl sites for hydroxylation is 2. The second kappa shape index (κ2) is 7.99. The summed E-state index contributed by atoms with van der Waals surface area (Å²) >= 11 is 0.